The van der Waals surface area contributed by atoms with E-state index in [1.54, 1.807) is 6.20 Å². The molecule has 3 aromatic heterocycles. The predicted octanol–water partition coefficient (Wildman–Crippen LogP) is 2.10. The highest BCUT2D eigenvalue weighted by Crippen LogP contribution is 2.32. The molecule has 8 heteroatoms. The van der Waals surface area contributed by atoms with Crippen LogP contribution in [0.5, 0.6) is 0 Å². The number of anilines is 1. The number of piperidine rings is 1. The van der Waals surface area contributed by atoms with Crippen molar-refractivity contribution < 1.29 is 4.74 Å². The highest BCUT2D eigenvalue weighted by Gasteiger charge is 2.37. The van der Waals surface area contributed by atoms with Gasteiger partial charge in [0.1, 0.15) is 0 Å². The lowest BCUT2D eigenvalue weighted by molar-refractivity contribution is -0.0374. The maximum absolute atomic E-state index is 5.99. The molecule has 0 N–H and O–H groups in total. The van der Waals surface area contributed by atoms with Crippen LogP contribution in [0.4, 0.5) is 5.95 Å². The number of aromatic nitrogens is 6. The number of fused-ring (bicyclic) bond motifs is 3. The molecule has 138 valence electrons. The Labute approximate surface area is 157 Å². The van der Waals surface area contributed by atoms with E-state index in [4.69, 9.17) is 9.72 Å². The van der Waals surface area contributed by atoms with E-state index in [0.29, 0.717) is 6.61 Å². The van der Waals surface area contributed by atoms with Crippen molar-refractivity contribution in [2.45, 2.75) is 39.0 Å². The Morgan fingerprint density at radius 2 is 2.07 bits per heavy atom. The zero-order valence-corrected chi connectivity index (χ0v) is 15.4. The Balaban J connectivity index is 1.44. The minimum atomic E-state index is 0.139. The average molecular weight is 363 g/mol. The molecule has 0 bridgehead atoms. The van der Waals surface area contributed by atoms with Gasteiger partial charge in [-0.1, -0.05) is 5.21 Å². The fraction of sp³-hybridized carbons (Fsp3) is 0.421. The second-order valence-electron chi connectivity index (χ2n) is 7.15. The average Bonchev–Trinajstić information content (AvgIpc) is 3.17. The van der Waals surface area contributed by atoms with E-state index in [-0.39, 0.29) is 12.1 Å². The third-order valence-electron chi connectivity index (χ3n) is 5.36. The van der Waals surface area contributed by atoms with Gasteiger partial charge >= 0.3 is 0 Å². The second-order valence-corrected chi connectivity index (χ2v) is 7.15. The molecule has 5 rings (SSSR count). The summed E-state index contributed by atoms with van der Waals surface area (Å²) in [6.45, 7) is 6.22. The lowest BCUT2D eigenvalue weighted by Gasteiger charge is -2.41. The molecule has 8 nitrogen and oxygen atoms in total. The van der Waals surface area contributed by atoms with Crippen LogP contribution in [0.15, 0.2) is 30.6 Å². The van der Waals surface area contributed by atoms with Gasteiger partial charge in [0.25, 0.3) is 0 Å². The largest absolute Gasteiger partial charge is 0.370 e. The standard InChI is InChI=1S/C19H21N7O/c1-12-3-4-15(13(2)22-12)16-5-7-20-19(23-16)25-8-6-18-17(10-25)26-14(11-27-18)9-21-24-26/h3-5,7,9,17-18H,6,8,10-11H2,1-2H3/t17-,18-/m1/s1. The summed E-state index contributed by atoms with van der Waals surface area (Å²) in [5, 5.41) is 8.30. The molecule has 5 heterocycles. The lowest BCUT2D eigenvalue weighted by atomic mass is 10.0. The summed E-state index contributed by atoms with van der Waals surface area (Å²) in [5.41, 5.74) is 4.95. The second kappa shape index (κ2) is 6.38. The van der Waals surface area contributed by atoms with Crippen molar-refractivity contribution in [3.8, 4) is 11.3 Å². The Bertz CT molecular complexity index is 986. The first-order valence-electron chi connectivity index (χ1n) is 9.22. The monoisotopic (exact) mass is 363 g/mol. The van der Waals surface area contributed by atoms with E-state index in [0.717, 1.165) is 53.8 Å². The fourth-order valence-corrected chi connectivity index (χ4v) is 3.97. The molecule has 0 aliphatic carbocycles. The maximum atomic E-state index is 5.99. The van der Waals surface area contributed by atoms with Gasteiger partial charge in [-0.15, -0.1) is 5.10 Å². The Morgan fingerprint density at radius 1 is 1.15 bits per heavy atom. The first kappa shape index (κ1) is 16.3. The summed E-state index contributed by atoms with van der Waals surface area (Å²) in [7, 11) is 0. The Hall–Kier alpha value is -2.87. The quantitative estimate of drug-likeness (QED) is 0.689. The van der Waals surface area contributed by atoms with Crippen molar-refractivity contribution in [2.75, 3.05) is 18.0 Å². The molecule has 0 spiro atoms. The molecule has 27 heavy (non-hydrogen) atoms. The molecule has 1 saturated heterocycles. The first-order valence-corrected chi connectivity index (χ1v) is 9.22. The Kier molecular flexibility index (Phi) is 3.86. The van der Waals surface area contributed by atoms with E-state index < -0.39 is 0 Å². The van der Waals surface area contributed by atoms with Crippen molar-refractivity contribution in [1.82, 2.24) is 29.9 Å². The van der Waals surface area contributed by atoms with Gasteiger partial charge in [-0.3, -0.25) is 4.98 Å². The van der Waals surface area contributed by atoms with Crippen LogP contribution in [0.25, 0.3) is 11.3 Å². The molecule has 1 fully saturated rings. The van der Waals surface area contributed by atoms with Crippen LogP contribution in [-0.4, -0.2) is 49.1 Å². The predicted molar refractivity (Wildman–Crippen MR) is 99.2 cm³/mol. The zero-order chi connectivity index (χ0) is 18.4. The maximum Gasteiger partial charge on any atom is 0.225 e. The number of hydrogen-bond acceptors (Lipinski definition) is 7. The van der Waals surface area contributed by atoms with E-state index in [1.807, 2.05) is 36.9 Å². The minimum absolute atomic E-state index is 0.139. The lowest BCUT2D eigenvalue weighted by Crippen LogP contribution is -2.48. The van der Waals surface area contributed by atoms with E-state index >= 15 is 0 Å². The number of ether oxygens (including phenoxy) is 1. The summed E-state index contributed by atoms with van der Waals surface area (Å²) in [6.07, 6.45) is 4.69. The topological polar surface area (TPSA) is 81.9 Å². The van der Waals surface area contributed by atoms with Crippen molar-refractivity contribution in [3.63, 3.8) is 0 Å². The third kappa shape index (κ3) is 2.86. The first-order chi connectivity index (χ1) is 13.2. The number of hydrogen-bond donors (Lipinski definition) is 0. The van der Waals surface area contributed by atoms with Gasteiger partial charge in [0, 0.05) is 36.2 Å². The van der Waals surface area contributed by atoms with Crippen LogP contribution < -0.4 is 4.90 Å². The van der Waals surface area contributed by atoms with Crippen molar-refractivity contribution in [1.29, 1.82) is 0 Å². The van der Waals surface area contributed by atoms with Gasteiger partial charge in [0.15, 0.2) is 0 Å². The number of nitrogens with zero attached hydrogens (tertiary/aromatic N) is 7. The molecule has 0 aromatic carbocycles. The van der Waals surface area contributed by atoms with E-state index in [9.17, 15) is 0 Å². The molecular formula is C19H21N7O. The van der Waals surface area contributed by atoms with Gasteiger partial charge in [0.2, 0.25) is 5.95 Å². The highest BCUT2D eigenvalue weighted by atomic mass is 16.5. The summed E-state index contributed by atoms with van der Waals surface area (Å²) >= 11 is 0. The normalized spacial score (nSPS) is 21.6. The van der Waals surface area contributed by atoms with Crippen molar-refractivity contribution in [3.05, 3.63) is 47.7 Å². The molecule has 2 atom stereocenters. The molecule has 0 unspecified atom stereocenters. The van der Waals surface area contributed by atoms with Gasteiger partial charge in [-0.25, -0.2) is 14.6 Å². The summed E-state index contributed by atoms with van der Waals surface area (Å²) in [4.78, 5) is 16.1. The van der Waals surface area contributed by atoms with Crippen LogP contribution in [0.2, 0.25) is 0 Å². The molecule has 2 aliphatic rings. The minimum Gasteiger partial charge on any atom is -0.370 e. The van der Waals surface area contributed by atoms with Crippen LogP contribution in [-0.2, 0) is 11.3 Å². The van der Waals surface area contributed by atoms with E-state index in [1.165, 1.54) is 0 Å². The van der Waals surface area contributed by atoms with Crippen LogP contribution >= 0.6 is 0 Å². The van der Waals surface area contributed by atoms with Gasteiger partial charge in [0.05, 0.1) is 36.3 Å². The molecule has 0 radical (unpaired) electrons. The molecule has 3 aromatic rings. The van der Waals surface area contributed by atoms with Crippen molar-refractivity contribution in [2.24, 2.45) is 0 Å². The van der Waals surface area contributed by atoms with Gasteiger partial charge < -0.3 is 9.64 Å². The molecule has 0 amide bonds. The fourth-order valence-electron chi connectivity index (χ4n) is 3.97. The molecule has 0 saturated carbocycles. The number of rotatable bonds is 2. The highest BCUT2D eigenvalue weighted by molar-refractivity contribution is 5.62. The summed E-state index contributed by atoms with van der Waals surface area (Å²) in [6, 6.07) is 6.17. The smallest absolute Gasteiger partial charge is 0.225 e. The van der Waals surface area contributed by atoms with Crippen molar-refractivity contribution >= 4 is 5.95 Å². The summed E-state index contributed by atoms with van der Waals surface area (Å²) in [5.74, 6) is 0.734. The Morgan fingerprint density at radius 3 is 2.96 bits per heavy atom. The SMILES string of the molecule is Cc1ccc(-c2ccnc(N3CC[C@H]4OCc5cnnn5[C@@H]4C3)n2)c(C)n1. The number of aryl methyl sites for hydroxylation is 2. The zero-order valence-electron chi connectivity index (χ0n) is 15.4. The third-order valence-corrected chi connectivity index (χ3v) is 5.36. The van der Waals surface area contributed by atoms with Crippen LogP contribution in [0, 0.1) is 13.8 Å². The van der Waals surface area contributed by atoms with Crippen LogP contribution in [0.3, 0.4) is 0 Å². The summed E-state index contributed by atoms with van der Waals surface area (Å²) < 4.78 is 7.99. The molecule has 2 aliphatic heterocycles. The molecular weight excluding hydrogens is 342 g/mol. The van der Waals surface area contributed by atoms with E-state index in [2.05, 4.69) is 31.2 Å². The van der Waals surface area contributed by atoms with Crippen LogP contribution in [0.1, 0.15) is 29.5 Å². The number of pyridine rings is 1. The van der Waals surface area contributed by atoms with Gasteiger partial charge in [-0.2, -0.15) is 0 Å². The van der Waals surface area contributed by atoms with Gasteiger partial charge in [-0.05, 0) is 38.5 Å².